The van der Waals surface area contributed by atoms with Crippen LogP contribution in [0.5, 0.6) is 17.2 Å². The van der Waals surface area contributed by atoms with E-state index in [0.717, 1.165) is 12.1 Å². The number of nitrogens with one attached hydrogen (secondary N) is 2. The molecule has 0 aliphatic carbocycles. The van der Waals surface area contributed by atoms with Crippen LogP contribution < -0.4 is 20.2 Å². The third-order valence-corrected chi connectivity index (χ3v) is 4.81. The van der Waals surface area contributed by atoms with Crippen LogP contribution in [-0.4, -0.2) is 34.9 Å². The Bertz CT molecular complexity index is 1350. The number of carbonyl (C=O) groups excluding carboxylic acids is 2. The van der Waals surface area contributed by atoms with Crippen molar-refractivity contribution in [2.75, 3.05) is 6.79 Å². The van der Waals surface area contributed by atoms with Gasteiger partial charge >= 0.3 is 5.69 Å². The second kappa shape index (κ2) is 10.2. The molecule has 2 amide bonds. The third-order valence-electron chi connectivity index (χ3n) is 4.81. The zero-order valence-electron chi connectivity index (χ0n) is 18.0. The van der Waals surface area contributed by atoms with E-state index in [4.69, 9.17) is 9.47 Å². The monoisotopic (exact) mass is 474 g/mol. The first-order chi connectivity index (χ1) is 16.9. The SMILES string of the molecule is O=C(N/N=C/c1ccc(O)c([N+](=O)[O-])c1)/C(=C\c1ccc2c(c1)OCO2)NC(=O)c1ccccc1. The molecule has 3 aromatic carbocycles. The standard InChI is InChI=1S/C24H18N4O7/c29-20-8-6-16(11-19(20)28(32)33)13-25-27-24(31)18(26-23(30)17-4-2-1-3-5-17)10-15-7-9-21-22(12-15)35-14-34-21/h1-13,29H,14H2,(H,26,30)(H,27,31)/b18-10+,25-13+. The van der Waals surface area contributed by atoms with Crippen LogP contribution in [0.2, 0.25) is 0 Å². The number of hydrazone groups is 1. The Kier molecular flexibility index (Phi) is 6.68. The maximum Gasteiger partial charge on any atom is 0.311 e. The van der Waals surface area contributed by atoms with Crippen LogP contribution in [0, 0.1) is 10.1 Å². The summed E-state index contributed by atoms with van der Waals surface area (Å²) in [5.74, 6) is -0.676. The second-order valence-electron chi connectivity index (χ2n) is 7.20. The number of nitro groups is 1. The van der Waals surface area contributed by atoms with Crippen molar-refractivity contribution in [2.24, 2.45) is 5.10 Å². The molecule has 1 aliphatic heterocycles. The summed E-state index contributed by atoms with van der Waals surface area (Å²) < 4.78 is 10.6. The van der Waals surface area contributed by atoms with E-state index in [2.05, 4.69) is 15.8 Å². The van der Waals surface area contributed by atoms with Gasteiger partial charge in [0.25, 0.3) is 11.8 Å². The third kappa shape index (κ3) is 5.60. The van der Waals surface area contributed by atoms with Crippen LogP contribution in [0.15, 0.2) is 77.5 Å². The number of nitrogens with zero attached hydrogens (tertiary/aromatic N) is 2. The molecule has 0 atom stereocenters. The molecule has 0 radical (unpaired) electrons. The quantitative estimate of drug-likeness (QED) is 0.206. The Morgan fingerprint density at radius 2 is 1.74 bits per heavy atom. The van der Waals surface area contributed by atoms with Crippen LogP contribution in [0.1, 0.15) is 21.5 Å². The van der Waals surface area contributed by atoms with Gasteiger partial charge in [-0.15, -0.1) is 0 Å². The number of hydrogen-bond donors (Lipinski definition) is 3. The van der Waals surface area contributed by atoms with E-state index < -0.39 is 28.2 Å². The molecule has 176 valence electrons. The minimum atomic E-state index is -0.740. The van der Waals surface area contributed by atoms with E-state index in [-0.39, 0.29) is 18.1 Å². The lowest BCUT2D eigenvalue weighted by molar-refractivity contribution is -0.385. The van der Waals surface area contributed by atoms with Gasteiger partial charge in [0.2, 0.25) is 6.79 Å². The normalized spacial score (nSPS) is 12.4. The fourth-order valence-corrected chi connectivity index (χ4v) is 3.10. The number of phenolic OH excluding ortho intramolecular Hbond substituents is 1. The highest BCUT2D eigenvalue weighted by Crippen LogP contribution is 2.33. The molecule has 0 spiro atoms. The molecule has 4 rings (SSSR count). The average molecular weight is 474 g/mol. The zero-order chi connectivity index (χ0) is 24.8. The molecule has 1 heterocycles. The van der Waals surface area contributed by atoms with Crippen molar-refractivity contribution in [3.8, 4) is 17.2 Å². The van der Waals surface area contributed by atoms with Gasteiger partial charge in [-0.3, -0.25) is 19.7 Å². The fourth-order valence-electron chi connectivity index (χ4n) is 3.10. The van der Waals surface area contributed by atoms with Crippen LogP contribution >= 0.6 is 0 Å². The Labute approximate surface area is 198 Å². The van der Waals surface area contributed by atoms with Gasteiger partial charge < -0.3 is 19.9 Å². The van der Waals surface area contributed by atoms with Gasteiger partial charge in [0.05, 0.1) is 11.1 Å². The van der Waals surface area contributed by atoms with Gasteiger partial charge in [-0.1, -0.05) is 24.3 Å². The number of hydrogen-bond acceptors (Lipinski definition) is 8. The summed E-state index contributed by atoms with van der Waals surface area (Å²) in [6, 6.07) is 17.0. The minimum absolute atomic E-state index is 0.0880. The van der Waals surface area contributed by atoms with Gasteiger partial charge in [-0.2, -0.15) is 5.10 Å². The molecule has 35 heavy (non-hydrogen) atoms. The lowest BCUT2D eigenvalue weighted by Crippen LogP contribution is -2.32. The van der Waals surface area contributed by atoms with Crippen molar-refractivity contribution in [1.29, 1.82) is 0 Å². The van der Waals surface area contributed by atoms with E-state index in [1.165, 1.54) is 18.4 Å². The molecule has 3 N–H and O–H groups in total. The molecule has 0 saturated carbocycles. The van der Waals surface area contributed by atoms with E-state index in [1.807, 2.05) is 0 Å². The summed E-state index contributed by atoms with van der Waals surface area (Å²) in [6.07, 6.45) is 2.61. The number of carbonyl (C=O) groups is 2. The Morgan fingerprint density at radius 1 is 1.00 bits per heavy atom. The smallest absolute Gasteiger partial charge is 0.311 e. The number of rotatable bonds is 7. The molecule has 0 aromatic heterocycles. The number of aromatic hydroxyl groups is 1. The van der Waals surface area contributed by atoms with Crippen molar-refractivity contribution in [1.82, 2.24) is 10.7 Å². The predicted molar refractivity (Wildman–Crippen MR) is 125 cm³/mol. The van der Waals surface area contributed by atoms with Gasteiger partial charge in [-0.25, -0.2) is 5.43 Å². The average Bonchev–Trinajstić information content (AvgIpc) is 3.33. The number of amides is 2. The number of ether oxygens (including phenoxy) is 2. The maximum atomic E-state index is 12.9. The van der Waals surface area contributed by atoms with E-state index in [0.29, 0.717) is 22.6 Å². The Morgan fingerprint density at radius 3 is 2.51 bits per heavy atom. The van der Waals surface area contributed by atoms with Crippen LogP contribution in [0.3, 0.4) is 0 Å². The van der Waals surface area contributed by atoms with E-state index >= 15 is 0 Å². The number of phenols is 1. The molecule has 11 heteroatoms. The van der Waals surface area contributed by atoms with Crippen molar-refractivity contribution >= 4 is 29.8 Å². The summed E-state index contributed by atoms with van der Waals surface area (Å²) in [5.41, 5.74) is 2.85. The van der Waals surface area contributed by atoms with Gasteiger partial charge in [-0.05, 0) is 48.0 Å². The summed E-state index contributed by atoms with van der Waals surface area (Å²) in [5, 5.41) is 26.9. The van der Waals surface area contributed by atoms with Gasteiger partial charge in [0.15, 0.2) is 17.2 Å². The van der Waals surface area contributed by atoms with Crippen molar-refractivity contribution < 1.29 is 29.1 Å². The van der Waals surface area contributed by atoms with Crippen molar-refractivity contribution in [3.63, 3.8) is 0 Å². The van der Waals surface area contributed by atoms with Gasteiger partial charge in [0.1, 0.15) is 5.70 Å². The Balaban J connectivity index is 1.56. The van der Waals surface area contributed by atoms with Crippen LogP contribution in [-0.2, 0) is 4.79 Å². The van der Waals surface area contributed by atoms with Crippen molar-refractivity contribution in [2.45, 2.75) is 0 Å². The lowest BCUT2D eigenvalue weighted by Gasteiger charge is -2.09. The largest absolute Gasteiger partial charge is 0.502 e. The first-order valence-electron chi connectivity index (χ1n) is 10.2. The molecule has 3 aromatic rings. The lowest BCUT2D eigenvalue weighted by atomic mass is 10.1. The molecule has 0 unspecified atom stereocenters. The molecule has 1 aliphatic rings. The summed E-state index contributed by atoms with van der Waals surface area (Å²) >= 11 is 0. The highest BCUT2D eigenvalue weighted by Gasteiger charge is 2.17. The molecule has 0 bridgehead atoms. The zero-order valence-corrected chi connectivity index (χ0v) is 18.0. The van der Waals surface area contributed by atoms with E-state index in [1.54, 1.807) is 48.5 Å². The fraction of sp³-hybridized carbons (Fsp3) is 0.0417. The molecular formula is C24H18N4O7. The molecule has 0 saturated heterocycles. The minimum Gasteiger partial charge on any atom is -0.502 e. The van der Waals surface area contributed by atoms with Crippen molar-refractivity contribution in [3.05, 3.63) is 99.2 Å². The highest BCUT2D eigenvalue weighted by atomic mass is 16.7. The number of benzene rings is 3. The van der Waals surface area contributed by atoms with Crippen LogP contribution in [0.25, 0.3) is 6.08 Å². The molecule has 0 fully saturated rings. The van der Waals surface area contributed by atoms with Crippen LogP contribution in [0.4, 0.5) is 5.69 Å². The van der Waals surface area contributed by atoms with E-state index in [9.17, 15) is 24.8 Å². The first kappa shape index (κ1) is 23.0. The maximum absolute atomic E-state index is 12.9. The Hall–Kier alpha value is -5.19. The summed E-state index contributed by atoms with van der Waals surface area (Å²) in [6.45, 7) is 0.0880. The number of nitro benzene ring substituents is 1. The topological polar surface area (TPSA) is 152 Å². The molecular weight excluding hydrogens is 456 g/mol. The second-order valence-corrected chi connectivity index (χ2v) is 7.20. The highest BCUT2D eigenvalue weighted by molar-refractivity contribution is 6.05. The van der Waals surface area contributed by atoms with Gasteiger partial charge in [0, 0.05) is 17.2 Å². The first-order valence-corrected chi connectivity index (χ1v) is 10.2. The summed E-state index contributed by atoms with van der Waals surface area (Å²) in [7, 11) is 0. The number of fused-ring (bicyclic) bond motifs is 1. The summed E-state index contributed by atoms with van der Waals surface area (Å²) in [4.78, 5) is 35.8. The molecule has 11 nitrogen and oxygen atoms in total. The predicted octanol–water partition coefficient (Wildman–Crippen LogP) is 2.95.